The van der Waals surface area contributed by atoms with E-state index in [1.807, 2.05) is 37.3 Å². The van der Waals surface area contributed by atoms with Gasteiger partial charge in [0.1, 0.15) is 12.3 Å². The summed E-state index contributed by atoms with van der Waals surface area (Å²) in [4.78, 5) is 12.9. The number of rotatable bonds is 10. The second kappa shape index (κ2) is 10.8. The predicted molar refractivity (Wildman–Crippen MR) is 126 cm³/mol. The summed E-state index contributed by atoms with van der Waals surface area (Å²) in [5, 5.41) is 2.93. The number of benzene rings is 3. The molecule has 3 aromatic carbocycles. The van der Waals surface area contributed by atoms with Gasteiger partial charge in [-0.1, -0.05) is 48.5 Å². The topological polar surface area (TPSA) is 75.7 Å². The number of ether oxygens (including phenoxy) is 1. The number of aryl methyl sites for hydroxylation is 1. The largest absolute Gasteiger partial charge is 0.497 e. The van der Waals surface area contributed by atoms with Crippen LogP contribution >= 0.6 is 0 Å². The molecule has 0 saturated heterocycles. The lowest BCUT2D eigenvalue weighted by molar-refractivity contribution is -0.120. The Morgan fingerprint density at radius 1 is 0.938 bits per heavy atom. The maximum Gasteiger partial charge on any atom is 0.264 e. The van der Waals surface area contributed by atoms with Crippen molar-refractivity contribution in [3.63, 3.8) is 0 Å². The lowest BCUT2D eigenvalue weighted by atomic mass is 10.1. The Morgan fingerprint density at radius 3 is 2.12 bits per heavy atom. The zero-order valence-electron chi connectivity index (χ0n) is 18.3. The summed E-state index contributed by atoms with van der Waals surface area (Å²) in [5.41, 5.74) is 1.59. The number of sulfonamides is 1. The molecular weight excluding hydrogens is 424 g/mol. The van der Waals surface area contributed by atoms with Crippen molar-refractivity contribution in [3.05, 3.63) is 90.5 Å². The fourth-order valence-corrected chi connectivity index (χ4v) is 4.78. The molecule has 0 fully saturated rings. The van der Waals surface area contributed by atoms with Crippen molar-refractivity contribution in [2.75, 3.05) is 18.0 Å². The highest BCUT2D eigenvalue weighted by atomic mass is 32.2. The van der Waals surface area contributed by atoms with Crippen LogP contribution in [0.4, 0.5) is 5.69 Å². The van der Waals surface area contributed by atoms with Gasteiger partial charge in [-0.05, 0) is 61.7 Å². The van der Waals surface area contributed by atoms with Crippen molar-refractivity contribution < 1.29 is 17.9 Å². The van der Waals surface area contributed by atoms with Crippen LogP contribution in [0.2, 0.25) is 0 Å². The van der Waals surface area contributed by atoms with Crippen molar-refractivity contribution in [1.29, 1.82) is 0 Å². The van der Waals surface area contributed by atoms with E-state index in [0.717, 1.165) is 17.1 Å². The summed E-state index contributed by atoms with van der Waals surface area (Å²) < 4.78 is 33.0. The van der Waals surface area contributed by atoms with E-state index in [1.165, 1.54) is 24.8 Å². The van der Waals surface area contributed by atoms with Crippen molar-refractivity contribution in [2.24, 2.45) is 0 Å². The van der Waals surface area contributed by atoms with Crippen molar-refractivity contribution >= 4 is 21.6 Å². The molecule has 6 nitrogen and oxygen atoms in total. The van der Waals surface area contributed by atoms with Crippen LogP contribution in [0.1, 0.15) is 18.9 Å². The molecule has 1 atom stereocenters. The number of carbonyl (C=O) groups is 1. The quantitative estimate of drug-likeness (QED) is 0.504. The van der Waals surface area contributed by atoms with E-state index in [0.29, 0.717) is 11.4 Å². The van der Waals surface area contributed by atoms with Gasteiger partial charge >= 0.3 is 0 Å². The second-order valence-corrected chi connectivity index (χ2v) is 9.38. The van der Waals surface area contributed by atoms with Crippen LogP contribution in [0.15, 0.2) is 89.8 Å². The normalized spacial score (nSPS) is 12.1. The molecule has 3 rings (SSSR count). The molecule has 1 amide bonds. The third kappa shape index (κ3) is 6.11. The minimum Gasteiger partial charge on any atom is -0.497 e. The second-order valence-electron chi connectivity index (χ2n) is 7.52. The molecule has 0 aliphatic heterocycles. The molecule has 7 heteroatoms. The monoisotopic (exact) mass is 452 g/mol. The van der Waals surface area contributed by atoms with E-state index in [1.54, 1.807) is 42.5 Å². The van der Waals surface area contributed by atoms with Gasteiger partial charge in [0, 0.05) is 6.04 Å². The van der Waals surface area contributed by atoms with Gasteiger partial charge in [-0.15, -0.1) is 0 Å². The molecule has 0 radical (unpaired) electrons. The Bertz CT molecular complexity index is 1100. The smallest absolute Gasteiger partial charge is 0.264 e. The van der Waals surface area contributed by atoms with E-state index in [4.69, 9.17) is 4.74 Å². The third-order valence-corrected chi connectivity index (χ3v) is 6.88. The van der Waals surface area contributed by atoms with Gasteiger partial charge in [-0.2, -0.15) is 0 Å². The standard InChI is InChI=1S/C25H28N2O4S/c1-20(13-14-21-9-5-3-6-10-21)26-25(28)19-27(22-15-17-23(31-2)18-16-22)32(29,30)24-11-7-4-8-12-24/h3-12,15-18,20H,13-14,19H2,1-2H3,(H,26,28)/t20-/m0/s1. The number of hydrogen-bond acceptors (Lipinski definition) is 4. The van der Waals surface area contributed by atoms with Crippen LogP contribution in [0.5, 0.6) is 5.75 Å². The number of methoxy groups -OCH3 is 1. The highest BCUT2D eigenvalue weighted by Gasteiger charge is 2.27. The van der Waals surface area contributed by atoms with Crippen LogP contribution in [0.3, 0.4) is 0 Å². The van der Waals surface area contributed by atoms with Crippen LogP contribution in [-0.2, 0) is 21.2 Å². The van der Waals surface area contributed by atoms with Gasteiger partial charge in [0.15, 0.2) is 0 Å². The first-order valence-corrected chi connectivity index (χ1v) is 11.9. The minimum absolute atomic E-state index is 0.0974. The van der Waals surface area contributed by atoms with E-state index >= 15 is 0 Å². The molecule has 1 N–H and O–H groups in total. The first-order valence-electron chi connectivity index (χ1n) is 10.5. The van der Waals surface area contributed by atoms with Crippen molar-refractivity contribution in [3.8, 4) is 5.75 Å². The first-order chi connectivity index (χ1) is 15.4. The zero-order chi connectivity index (χ0) is 23.0. The van der Waals surface area contributed by atoms with E-state index in [2.05, 4.69) is 5.32 Å². The highest BCUT2D eigenvalue weighted by Crippen LogP contribution is 2.25. The number of nitrogens with zero attached hydrogens (tertiary/aromatic N) is 1. The number of amides is 1. The summed E-state index contributed by atoms with van der Waals surface area (Å²) >= 11 is 0. The Kier molecular flexibility index (Phi) is 7.89. The van der Waals surface area contributed by atoms with Gasteiger partial charge in [0.25, 0.3) is 10.0 Å². The van der Waals surface area contributed by atoms with E-state index in [-0.39, 0.29) is 23.4 Å². The predicted octanol–water partition coefficient (Wildman–Crippen LogP) is 4.03. The molecule has 3 aromatic rings. The Labute approximate surface area is 189 Å². The van der Waals surface area contributed by atoms with Gasteiger partial charge in [0.2, 0.25) is 5.91 Å². The Hall–Kier alpha value is -3.32. The van der Waals surface area contributed by atoms with Gasteiger partial charge in [-0.3, -0.25) is 9.10 Å². The molecule has 0 saturated carbocycles. The Morgan fingerprint density at radius 2 is 1.53 bits per heavy atom. The SMILES string of the molecule is COc1ccc(N(CC(=O)N[C@@H](C)CCc2ccccc2)S(=O)(=O)c2ccccc2)cc1. The fraction of sp³-hybridized carbons (Fsp3) is 0.240. The van der Waals surface area contributed by atoms with Crippen LogP contribution in [0, 0.1) is 0 Å². The molecule has 0 aliphatic carbocycles. The van der Waals surface area contributed by atoms with Crippen molar-refractivity contribution in [2.45, 2.75) is 30.7 Å². The number of hydrogen-bond donors (Lipinski definition) is 1. The minimum atomic E-state index is -3.93. The average molecular weight is 453 g/mol. The maximum absolute atomic E-state index is 13.3. The summed E-state index contributed by atoms with van der Waals surface area (Å²) in [6.07, 6.45) is 1.58. The van der Waals surface area contributed by atoms with E-state index in [9.17, 15) is 13.2 Å². The summed E-state index contributed by atoms with van der Waals surface area (Å²) in [5.74, 6) is 0.241. The molecule has 0 unspecified atom stereocenters. The zero-order valence-corrected chi connectivity index (χ0v) is 19.1. The number of anilines is 1. The summed E-state index contributed by atoms with van der Waals surface area (Å²) in [7, 11) is -2.39. The molecule has 0 aliphatic rings. The third-order valence-electron chi connectivity index (χ3n) is 5.10. The molecule has 0 heterocycles. The summed E-state index contributed by atoms with van der Waals surface area (Å²) in [6, 6.07) is 24.6. The van der Waals surface area contributed by atoms with Crippen LogP contribution in [-0.4, -0.2) is 34.0 Å². The number of carbonyl (C=O) groups excluding carboxylic acids is 1. The molecular formula is C25H28N2O4S. The van der Waals surface area contributed by atoms with Crippen LogP contribution < -0.4 is 14.4 Å². The lowest BCUT2D eigenvalue weighted by Gasteiger charge is -2.25. The van der Waals surface area contributed by atoms with Gasteiger partial charge in [0.05, 0.1) is 17.7 Å². The molecule has 32 heavy (non-hydrogen) atoms. The average Bonchev–Trinajstić information content (AvgIpc) is 2.82. The highest BCUT2D eigenvalue weighted by molar-refractivity contribution is 7.92. The Balaban J connectivity index is 1.75. The fourth-order valence-electron chi connectivity index (χ4n) is 3.33. The van der Waals surface area contributed by atoms with Gasteiger partial charge < -0.3 is 10.1 Å². The molecule has 0 aromatic heterocycles. The molecule has 0 spiro atoms. The van der Waals surface area contributed by atoms with Gasteiger partial charge in [-0.25, -0.2) is 8.42 Å². The van der Waals surface area contributed by atoms with Crippen LogP contribution in [0.25, 0.3) is 0 Å². The molecule has 0 bridgehead atoms. The van der Waals surface area contributed by atoms with Crippen molar-refractivity contribution in [1.82, 2.24) is 5.32 Å². The first kappa shape index (κ1) is 23.3. The maximum atomic E-state index is 13.3. The van der Waals surface area contributed by atoms with E-state index < -0.39 is 10.0 Å². The summed E-state index contributed by atoms with van der Waals surface area (Å²) in [6.45, 7) is 1.60. The molecule has 168 valence electrons. The lowest BCUT2D eigenvalue weighted by Crippen LogP contribution is -2.43. The number of nitrogens with one attached hydrogen (secondary N) is 1.